The summed E-state index contributed by atoms with van der Waals surface area (Å²) in [6, 6.07) is 4.04. The van der Waals surface area contributed by atoms with E-state index in [0.717, 1.165) is 0 Å². The quantitative estimate of drug-likeness (QED) is 0.798. The second-order valence-electron chi connectivity index (χ2n) is 4.41. The number of ether oxygens (including phenoxy) is 1. The van der Waals surface area contributed by atoms with Gasteiger partial charge < -0.3 is 10.5 Å². The number of halogens is 1. The van der Waals surface area contributed by atoms with Gasteiger partial charge in [-0.2, -0.15) is 0 Å². The molecule has 17 heavy (non-hydrogen) atoms. The van der Waals surface area contributed by atoms with Gasteiger partial charge >= 0.3 is 0 Å². The first kappa shape index (κ1) is 12.0. The lowest BCUT2D eigenvalue weighted by atomic mass is 9.86. The van der Waals surface area contributed by atoms with E-state index in [1.54, 1.807) is 6.07 Å². The molecule has 0 atom stereocenters. The predicted octanol–water partition coefficient (Wildman–Crippen LogP) is 2.15. The van der Waals surface area contributed by atoms with E-state index >= 15 is 0 Å². The summed E-state index contributed by atoms with van der Waals surface area (Å²) in [7, 11) is 0. The van der Waals surface area contributed by atoms with Gasteiger partial charge in [-0.15, -0.1) is 0 Å². The third-order valence-corrected chi connectivity index (χ3v) is 3.09. The molecule has 2 N–H and O–H groups in total. The summed E-state index contributed by atoms with van der Waals surface area (Å²) >= 11 is 0. The smallest absolute Gasteiger partial charge is 0.176 e. The molecule has 4 heteroatoms. The van der Waals surface area contributed by atoms with E-state index in [-0.39, 0.29) is 17.9 Å². The van der Waals surface area contributed by atoms with Gasteiger partial charge in [0.1, 0.15) is 11.6 Å². The molecule has 1 saturated carbocycles. The average Bonchev–Trinajstić information content (AvgIpc) is 2.25. The van der Waals surface area contributed by atoms with Crippen molar-refractivity contribution in [2.45, 2.75) is 19.3 Å². The van der Waals surface area contributed by atoms with Crippen LogP contribution in [0, 0.1) is 11.7 Å². The van der Waals surface area contributed by atoms with Crippen molar-refractivity contribution in [3.63, 3.8) is 0 Å². The summed E-state index contributed by atoms with van der Waals surface area (Å²) in [4.78, 5) is 11.4. The molecule has 0 aliphatic heterocycles. The number of hydrogen-bond donors (Lipinski definition) is 1. The van der Waals surface area contributed by atoms with Crippen LogP contribution in [0.5, 0.6) is 5.75 Å². The zero-order valence-corrected chi connectivity index (χ0v) is 9.62. The summed E-state index contributed by atoms with van der Waals surface area (Å²) < 4.78 is 18.8. The van der Waals surface area contributed by atoms with Gasteiger partial charge in [0.05, 0.1) is 13.2 Å². The first-order chi connectivity index (χ1) is 8.19. The molecule has 3 nitrogen and oxygen atoms in total. The van der Waals surface area contributed by atoms with Gasteiger partial charge in [0.2, 0.25) is 0 Å². The highest BCUT2D eigenvalue weighted by atomic mass is 19.1. The average molecular weight is 237 g/mol. The summed E-state index contributed by atoms with van der Waals surface area (Å²) in [5.41, 5.74) is 5.52. The Labute approximate surface area is 99.8 Å². The monoisotopic (exact) mass is 237 g/mol. The van der Waals surface area contributed by atoms with Crippen LogP contribution in [0.1, 0.15) is 29.6 Å². The largest absolute Gasteiger partial charge is 0.493 e. The lowest BCUT2D eigenvalue weighted by molar-refractivity contribution is 0.1000. The van der Waals surface area contributed by atoms with Crippen molar-refractivity contribution in [2.75, 3.05) is 13.2 Å². The second kappa shape index (κ2) is 5.27. The molecule has 0 saturated heterocycles. The molecule has 0 bridgehead atoms. The van der Waals surface area contributed by atoms with Crippen molar-refractivity contribution in [1.82, 2.24) is 0 Å². The molecule has 2 rings (SSSR count). The van der Waals surface area contributed by atoms with E-state index in [0.29, 0.717) is 18.3 Å². The van der Waals surface area contributed by atoms with Crippen LogP contribution in [0.25, 0.3) is 0 Å². The molecule has 0 amide bonds. The number of hydrogen-bond acceptors (Lipinski definition) is 3. The van der Waals surface area contributed by atoms with Crippen molar-refractivity contribution < 1.29 is 13.9 Å². The van der Waals surface area contributed by atoms with Crippen molar-refractivity contribution in [2.24, 2.45) is 11.7 Å². The standard InChI is InChI=1S/C13H16FNO2/c14-11-4-10(13(16)7-15)5-12(6-11)17-8-9-2-1-3-9/h4-6,9H,1-3,7-8,15H2. The summed E-state index contributed by atoms with van der Waals surface area (Å²) in [5.74, 6) is 0.242. The Hall–Kier alpha value is -1.42. The molecule has 0 aromatic heterocycles. The molecule has 1 aliphatic carbocycles. The highest BCUT2D eigenvalue weighted by Crippen LogP contribution is 2.27. The minimum atomic E-state index is -0.465. The highest BCUT2D eigenvalue weighted by molar-refractivity contribution is 5.97. The minimum absolute atomic E-state index is 0.120. The minimum Gasteiger partial charge on any atom is -0.493 e. The van der Waals surface area contributed by atoms with Crippen LogP contribution >= 0.6 is 0 Å². The third-order valence-electron chi connectivity index (χ3n) is 3.09. The molecule has 1 fully saturated rings. The van der Waals surface area contributed by atoms with Crippen LogP contribution < -0.4 is 10.5 Å². The fraction of sp³-hybridized carbons (Fsp3) is 0.462. The lowest BCUT2D eigenvalue weighted by Gasteiger charge is -2.25. The second-order valence-corrected chi connectivity index (χ2v) is 4.41. The lowest BCUT2D eigenvalue weighted by Crippen LogP contribution is -2.19. The number of carbonyl (C=O) groups is 1. The van der Waals surface area contributed by atoms with Gasteiger partial charge in [0.25, 0.3) is 0 Å². The van der Waals surface area contributed by atoms with Crippen LogP contribution in [0.2, 0.25) is 0 Å². The number of carbonyl (C=O) groups excluding carboxylic acids is 1. The fourth-order valence-electron chi connectivity index (χ4n) is 1.80. The fourth-order valence-corrected chi connectivity index (χ4v) is 1.80. The van der Waals surface area contributed by atoms with Gasteiger partial charge in [0.15, 0.2) is 5.78 Å². The first-order valence-corrected chi connectivity index (χ1v) is 5.85. The Morgan fingerprint density at radius 3 is 2.76 bits per heavy atom. The predicted molar refractivity (Wildman–Crippen MR) is 62.6 cm³/mol. The number of rotatable bonds is 5. The summed E-state index contributed by atoms with van der Waals surface area (Å²) in [6.45, 7) is 0.477. The molecule has 1 aliphatic rings. The zero-order valence-electron chi connectivity index (χ0n) is 9.62. The maximum absolute atomic E-state index is 13.3. The summed E-state index contributed by atoms with van der Waals surface area (Å²) in [5, 5.41) is 0. The number of nitrogens with two attached hydrogens (primary N) is 1. The molecular formula is C13H16FNO2. The maximum atomic E-state index is 13.3. The van der Waals surface area contributed by atoms with Gasteiger partial charge in [-0.1, -0.05) is 6.42 Å². The molecule has 0 radical (unpaired) electrons. The molecular weight excluding hydrogens is 221 g/mol. The number of benzene rings is 1. The van der Waals surface area contributed by atoms with E-state index in [1.165, 1.54) is 31.4 Å². The van der Waals surface area contributed by atoms with Crippen molar-refractivity contribution in [1.29, 1.82) is 0 Å². The molecule has 1 aromatic rings. The Morgan fingerprint density at radius 1 is 1.41 bits per heavy atom. The van der Waals surface area contributed by atoms with Crippen molar-refractivity contribution >= 4 is 5.78 Å². The van der Waals surface area contributed by atoms with Gasteiger partial charge in [-0.3, -0.25) is 4.79 Å². The Morgan fingerprint density at radius 2 is 2.18 bits per heavy atom. The summed E-state index contributed by atoms with van der Waals surface area (Å²) in [6.07, 6.45) is 3.59. The van der Waals surface area contributed by atoms with Crippen molar-refractivity contribution in [3.8, 4) is 5.75 Å². The van der Waals surface area contributed by atoms with Crippen LogP contribution in [-0.4, -0.2) is 18.9 Å². The molecule has 0 unspecified atom stereocenters. The van der Waals surface area contributed by atoms with E-state index in [2.05, 4.69) is 0 Å². The molecule has 0 heterocycles. The van der Waals surface area contributed by atoms with E-state index in [4.69, 9.17) is 10.5 Å². The first-order valence-electron chi connectivity index (χ1n) is 5.85. The Balaban J connectivity index is 2.04. The number of Topliss-reactive ketones (excluding diaryl/α,β-unsaturated/α-hetero) is 1. The van der Waals surface area contributed by atoms with Gasteiger partial charge in [0, 0.05) is 11.6 Å². The Bertz CT molecular complexity index is 416. The topological polar surface area (TPSA) is 52.3 Å². The Kier molecular flexibility index (Phi) is 3.74. The normalized spacial score (nSPS) is 15.4. The molecule has 92 valence electrons. The third kappa shape index (κ3) is 3.03. The zero-order chi connectivity index (χ0) is 12.3. The van der Waals surface area contributed by atoms with Crippen LogP contribution in [-0.2, 0) is 0 Å². The van der Waals surface area contributed by atoms with E-state index < -0.39 is 5.82 Å². The van der Waals surface area contributed by atoms with Crippen LogP contribution in [0.15, 0.2) is 18.2 Å². The molecule has 0 spiro atoms. The maximum Gasteiger partial charge on any atom is 0.176 e. The van der Waals surface area contributed by atoms with Crippen LogP contribution in [0.4, 0.5) is 4.39 Å². The number of ketones is 1. The van der Waals surface area contributed by atoms with Gasteiger partial charge in [-0.25, -0.2) is 4.39 Å². The van der Waals surface area contributed by atoms with Gasteiger partial charge in [-0.05, 0) is 30.9 Å². The van der Waals surface area contributed by atoms with Crippen LogP contribution in [0.3, 0.4) is 0 Å². The SMILES string of the molecule is NCC(=O)c1cc(F)cc(OCC2CCC2)c1. The highest BCUT2D eigenvalue weighted by Gasteiger charge is 2.18. The van der Waals surface area contributed by atoms with E-state index in [1.807, 2.05) is 0 Å². The van der Waals surface area contributed by atoms with E-state index in [9.17, 15) is 9.18 Å². The van der Waals surface area contributed by atoms with Crippen molar-refractivity contribution in [3.05, 3.63) is 29.6 Å². The molecule has 1 aromatic carbocycles.